The van der Waals surface area contributed by atoms with Crippen molar-refractivity contribution < 1.29 is 4.92 Å². The van der Waals surface area contributed by atoms with Crippen LogP contribution in [-0.2, 0) is 0 Å². The van der Waals surface area contributed by atoms with Crippen LogP contribution in [-0.4, -0.2) is 16.5 Å². The summed E-state index contributed by atoms with van der Waals surface area (Å²) < 4.78 is 0. The van der Waals surface area contributed by atoms with Crippen LogP contribution in [0.3, 0.4) is 0 Å². The molecule has 5 nitrogen and oxygen atoms in total. The number of anilines is 1. The fraction of sp³-hybridized carbons (Fsp3) is 0.444. The van der Waals surface area contributed by atoms with Crippen molar-refractivity contribution in [3.63, 3.8) is 0 Å². The minimum absolute atomic E-state index is 0.0133. The van der Waals surface area contributed by atoms with E-state index >= 15 is 0 Å². The van der Waals surface area contributed by atoms with Crippen LogP contribution in [0.2, 0.25) is 0 Å². The fourth-order valence-electron chi connectivity index (χ4n) is 0.848. The third kappa shape index (κ3) is 3.38. The number of nitrogens with one attached hydrogen (secondary N) is 1. The van der Waals surface area contributed by atoms with Gasteiger partial charge in [0.05, 0.1) is 4.92 Å². The average Bonchev–Trinajstić information content (AvgIpc) is 2.22. The van der Waals surface area contributed by atoms with Crippen LogP contribution in [0.15, 0.2) is 18.3 Å². The second kappa shape index (κ2) is 6.82. The lowest BCUT2D eigenvalue weighted by atomic mass is 10.4. The van der Waals surface area contributed by atoms with Gasteiger partial charge in [-0.15, -0.1) is 0 Å². The van der Waals surface area contributed by atoms with Crippen molar-refractivity contribution in [1.82, 2.24) is 4.98 Å². The fourth-order valence-corrected chi connectivity index (χ4v) is 0.848. The summed E-state index contributed by atoms with van der Waals surface area (Å²) in [6, 6.07) is 2.96. The van der Waals surface area contributed by atoms with E-state index in [0.29, 0.717) is 12.4 Å². The molecule has 0 aliphatic heterocycles. The smallest absolute Gasteiger partial charge is 0.311 e. The Kier molecular flexibility index (Phi) is 6.02. The highest BCUT2D eigenvalue weighted by Gasteiger charge is 2.11. The van der Waals surface area contributed by atoms with Crippen molar-refractivity contribution in [2.24, 2.45) is 0 Å². The molecule has 0 amide bonds. The molecule has 1 rings (SSSR count). The van der Waals surface area contributed by atoms with Crippen molar-refractivity contribution in [3.8, 4) is 0 Å². The molecule has 1 N–H and O–H groups in total. The molecular weight excluding hydrogens is 182 g/mol. The number of rotatable bonds is 3. The lowest BCUT2D eigenvalue weighted by Gasteiger charge is -2.00. The Balaban J connectivity index is 0.000000791. The molecule has 0 aromatic carbocycles. The first-order valence-corrected chi connectivity index (χ1v) is 4.59. The number of hydrogen-bond acceptors (Lipinski definition) is 4. The largest absolute Gasteiger partial charge is 0.365 e. The number of hydrogen-bond donors (Lipinski definition) is 1. The monoisotopic (exact) mass is 197 g/mol. The standard InChI is InChI=1S/C7H9N3O2.C2H6/c1-2-8-7-6(10(11)12)4-3-5-9-7;1-2/h3-5H,2H2,1H3,(H,8,9);1-2H3. The highest BCUT2D eigenvalue weighted by Crippen LogP contribution is 2.19. The van der Waals surface area contributed by atoms with Gasteiger partial charge in [-0.1, -0.05) is 13.8 Å². The molecule has 0 radical (unpaired) electrons. The quantitative estimate of drug-likeness (QED) is 0.597. The highest BCUT2D eigenvalue weighted by atomic mass is 16.6. The number of pyridine rings is 1. The zero-order valence-electron chi connectivity index (χ0n) is 8.65. The highest BCUT2D eigenvalue weighted by molar-refractivity contribution is 5.54. The number of nitro groups is 1. The molecule has 1 aromatic rings. The first-order valence-electron chi connectivity index (χ1n) is 4.59. The SMILES string of the molecule is CC.CCNc1ncccc1[N+](=O)[O-]. The second-order valence-corrected chi connectivity index (χ2v) is 2.16. The van der Waals surface area contributed by atoms with Crippen LogP contribution in [0, 0.1) is 10.1 Å². The Morgan fingerprint density at radius 3 is 2.71 bits per heavy atom. The molecule has 5 heteroatoms. The zero-order chi connectivity index (χ0) is 11.0. The van der Waals surface area contributed by atoms with Gasteiger partial charge in [-0.05, 0) is 13.0 Å². The minimum Gasteiger partial charge on any atom is -0.365 e. The molecule has 0 spiro atoms. The predicted molar refractivity (Wildman–Crippen MR) is 56.4 cm³/mol. The van der Waals surface area contributed by atoms with Gasteiger partial charge in [0, 0.05) is 18.8 Å². The first kappa shape index (κ1) is 12.3. The Morgan fingerprint density at radius 2 is 2.21 bits per heavy atom. The summed E-state index contributed by atoms with van der Waals surface area (Å²) in [4.78, 5) is 13.8. The van der Waals surface area contributed by atoms with E-state index in [1.54, 1.807) is 6.07 Å². The van der Waals surface area contributed by atoms with Gasteiger partial charge in [-0.2, -0.15) is 0 Å². The molecule has 0 saturated carbocycles. The van der Waals surface area contributed by atoms with Crippen molar-refractivity contribution in [1.29, 1.82) is 0 Å². The van der Waals surface area contributed by atoms with Gasteiger partial charge in [0.15, 0.2) is 0 Å². The van der Waals surface area contributed by atoms with E-state index in [0.717, 1.165) is 0 Å². The minimum atomic E-state index is -0.453. The lowest BCUT2D eigenvalue weighted by Crippen LogP contribution is -2.02. The normalized spacial score (nSPS) is 8.50. The summed E-state index contributed by atoms with van der Waals surface area (Å²) in [7, 11) is 0. The first-order chi connectivity index (χ1) is 6.75. The van der Waals surface area contributed by atoms with Gasteiger partial charge in [0.1, 0.15) is 0 Å². The summed E-state index contributed by atoms with van der Waals surface area (Å²) >= 11 is 0. The van der Waals surface area contributed by atoms with E-state index in [4.69, 9.17) is 0 Å². The predicted octanol–water partition coefficient (Wildman–Crippen LogP) is 2.45. The van der Waals surface area contributed by atoms with Gasteiger partial charge >= 0.3 is 5.69 Å². The maximum Gasteiger partial charge on any atom is 0.311 e. The molecule has 0 aliphatic carbocycles. The molecule has 78 valence electrons. The van der Waals surface area contributed by atoms with Gasteiger partial charge in [-0.3, -0.25) is 10.1 Å². The van der Waals surface area contributed by atoms with Crippen LogP contribution in [0.4, 0.5) is 11.5 Å². The van der Waals surface area contributed by atoms with E-state index in [1.807, 2.05) is 20.8 Å². The van der Waals surface area contributed by atoms with E-state index in [1.165, 1.54) is 12.3 Å². The zero-order valence-corrected chi connectivity index (χ0v) is 8.65. The Labute approximate surface area is 83.3 Å². The Bertz CT molecular complexity index is 289. The second-order valence-electron chi connectivity index (χ2n) is 2.16. The summed E-state index contributed by atoms with van der Waals surface area (Å²) in [5.41, 5.74) is 0.0133. The molecule has 0 aliphatic rings. The van der Waals surface area contributed by atoms with Crippen LogP contribution in [0.1, 0.15) is 20.8 Å². The lowest BCUT2D eigenvalue weighted by molar-refractivity contribution is -0.384. The Morgan fingerprint density at radius 1 is 1.57 bits per heavy atom. The molecule has 1 heterocycles. The molecule has 0 atom stereocenters. The van der Waals surface area contributed by atoms with E-state index in [9.17, 15) is 10.1 Å². The molecule has 0 bridgehead atoms. The summed E-state index contributed by atoms with van der Waals surface area (Å²) in [6.07, 6.45) is 1.52. The van der Waals surface area contributed by atoms with Gasteiger partial charge in [0.25, 0.3) is 0 Å². The summed E-state index contributed by atoms with van der Waals surface area (Å²) in [5.74, 6) is 0.324. The third-order valence-corrected chi connectivity index (χ3v) is 1.33. The average molecular weight is 197 g/mol. The van der Waals surface area contributed by atoms with Crippen LogP contribution >= 0.6 is 0 Å². The van der Waals surface area contributed by atoms with Gasteiger partial charge in [0.2, 0.25) is 5.82 Å². The van der Waals surface area contributed by atoms with Crippen molar-refractivity contribution in [3.05, 3.63) is 28.4 Å². The molecule has 0 saturated heterocycles. The van der Waals surface area contributed by atoms with Gasteiger partial charge < -0.3 is 5.32 Å². The molecular formula is C9H15N3O2. The number of nitrogens with zero attached hydrogens (tertiary/aromatic N) is 2. The van der Waals surface area contributed by atoms with Crippen LogP contribution < -0.4 is 5.32 Å². The van der Waals surface area contributed by atoms with Crippen molar-refractivity contribution >= 4 is 11.5 Å². The topological polar surface area (TPSA) is 68.1 Å². The molecule has 1 aromatic heterocycles. The van der Waals surface area contributed by atoms with E-state index < -0.39 is 4.92 Å². The number of aromatic nitrogens is 1. The summed E-state index contributed by atoms with van der Waals surface area (Å²) in [6.45, 7) is 6.48. The van der Waals surface area contributed by atoms with E-state index in [2.05, 4.69) is 10.3 Å². The Hall–Kier alpha value is -1.65. The van der Waals surface area contributed by atoms with Gasteiger partial charge in [-0.25, -0.2) is 4.98 Å². The molecule has 14 heavy (non-hydrogen) atoms. The van der Waals surface area contributed by atoms with Crippen LogP contribution in [0.25, 0.3) is 0 Å². The molecule has 0 fully saturated rings. The maximum atomic E-state index is 10.4. The van der Waals surface area contributed by atoms with Crippen molar-refractivity contribution in [2.45, 2.75) is 20.8 Å². The summed E-state index contributed by atoms with van der Waals surface area (Å²) in [5, 5.41) is 13.2. The van der Waals surface area contributed by atoms with Crippen LogP contribution in [0.5, 0.6) is 0 Å². The van der Waals surface area contributed by atoms with E-state index in [-0.39, 0.29) is 5.69 Å². The van der Waals surface area contributed by atoms with Crippen molar-refractivity contribution in [2.75, 3.05) is 11.9 Å². The molecule has 0 unspecified atom stereocenters. The third-order valence-electron chi connectivity index (χ3n) is 1.33. The maximum absolute atomic E-state index is 10.4.